The van der Waals surface area contributed by atoms with Gasteiger partial charge in [-0.1, -0.05) is 34.1 Å². The average Bonchev–Trinajstić information content (AvgIpc) is 2.87. The van der Waals surface area contributed by atoms with E-state index in [9.17, 15) is 9.59 Å². The fourth-order valence-electron chi connectivity index (χ4n) is 3.59. The summed E-state index contributed by atoms with van der Waals surface area (Å²) in [5, 5.41) is 3.42. The Bertz CT molecular complexity index is 419. The summed E-state index contributed by atoms with van der Waals surface area (Å²) in [5.41, 5.74) is -0.253. The van der Waals surface area contributed by atoms with Crippen LogP contribution in [0.15, 0.2) is 0 Å². The van der Waals surface area contributed by atoms with Crippen molar-refractivity contribution in [2.75, 3.05) is 6.26 Å². The summed E-state index contributed by atoms with van der Waals surface area (Å²) in [4.78, 5) is 27.4. The van der Waals surface area contributed by atoms with Gasteiger partial charge in [-0.3, -0.25) is 9.59 Å². The van der Waals surface area contributed by atoms with Crippen molar-refractivity contribution in [1.82, 2.24) is 10.2 Å². The lowest BCUT2D eigenvalue weighted by Crippen LogP contribution is -2.69. The zero-order chi connectivity index (χ0) is 15.8. The van der Waals surface area contributed by atoms with Gasteiger partial charge in [-0.2, -0.15) is 11.8 Å². The molecule has 0 aromatic heterocycles. The lowest BCUT2D eigenvalue weighted by atomic mass is 9.83. The molecular weight excluding hydrogens is 284 g/mol. The smallest absolute Gasteiger partial charge is 0.246 e. The van der Waals surface area contributed by atoms with Crippen LogP contribution >= 0.6 is 11.8 Å². The molecule has 2 rings (SSSR count). The number of thioether (sulfide) groups is 1. The van der Waals surface area contributed by atoms with Crippen molar-refractivity contribution in [2.45, 2.75) is 76.8 Å². The number of rotatable bonds is 3. The van der Waals surface area contributed by atoms with Gasteiger partial charge in [0.1, 0.15) is 12.1 Å². The van der Waals surface area contributed by atoms with Gasteiger partial charge in [-0.05, 0) is 30.9 Å². The van der Waals surface area contributed by atoms with Gasteiger partial charge in [-0.25, -0.2) is 0 Å². The highest BCUT2D eigenvalue weighted by atomic mass is 32.2. The van der Waals surface area contributed by atoms with E-state index < -0.39 is 6.04 Å². The summed E-state index contributed by atoms with van der Waals surface area (Å²) < 4.78 is 0. The third-order valence-electron chi connectivity index (χ3n) is 4.76. The van der Waals surface area contributed by atoms with E-state index in [1.807, 2.05) is 44.4 Å². The maximum atomic E-state index is 13.0. The normalized spacial score (nSPS) is 34.2. The Hall–Kier alpha value is -0.710. The van der Waals surface area contributed by atoms with Crippen molar-refractivity contribution in [3.8, 4) is 0 Å². The molecule has 2 amide bonds. The summed E-state index contributed by atoms with van der Waals surface area (Å²) in [6.45, 7) is 8.04. The van der Waals surface area contributed by atoms with Crippen molar-refractivity contribution in [2.24, 2.45) is 5.41 Å². The van der Waals surface area contributed by atoms with Crippen LogP contribution in [0.5, 0.6) is 0 Å². The first-order valence-corrected chi connectivity index (χ1v) is 9.25. The molecule has 1 aliphatic carbocycles. The summed E-state index contributed by atoms with van der Waals surface area (Å²) in [5.74, 6) is 0.128. The standard InChI is InChI=1S/C16H28N2O2S/c1-6-10-14(19)17-13(16(2,3)4)15(20)18(10)11-8-7-9-12(11)21-5/h10-13H,6-9H2,1-5H3,(H,17,19). The summed E-state index contributed by atoms with van der Waals surface area (Å²) in [6.07, 6.45) is 6.12. The van der Waals surface area contributed by atoms with Crippen molar-refractivity contribution in [3.63, 3.8) is 0 Å². The number of carbonyl (C=O) groups excluding carboxylic acids is 2. The van der Waals surface area contributed by atoms with Crippen LogP contribution in [0, 0.1) is 5.41 Å². The van der Waals surface area contributed by atoms with Crippen molar-refractivity contribution >= 4 is 23.6 Å². The van der Waals surface area contributed by atoms with E-state index in [0.717, 1.165) is 19.3 Å². The van der Waals surface area contributed by atoms with Gasteiger partial charge < -0.3 is 10.2 Å². The largest absolute Gasteiger partial charge is 0.342 e. The molecule has 2 aliphatic rings. The van der Waals surface area contributed by atoms with E-state index in [1.165, 1.54) is 0 Å². The molecule has 1 saturated carbocycles. The minimum Gasteiger partial charge on any atom is -0.342 e. The van der Waals surface area contributed by atoms with E-state index in [4.69, 9.17) is 0 Å². The maximum absolute atomic E-state index is 13.0. The predicted molar refractivity (Wildman–Crippen MR) is 87.3 cm³/mol. The molecule has 21 heavy (non-hydrogen) atoms. The van der Waals surface area contributed by atoms with Gasteiger partial charge in [0, 0.05) is 11.3 Å². The number of hydrogen-bond acceptors (Lipinski definition) is 3. The molecule has 2 fully saturated rings. The van der Waals surface area contributed by atoms with Crippen LogP contribution in [0.4, 0.5) is 0 Å². The van der Waals surface area contributed by atoms with Gasteiger partial charge in [0.25, 0.3) is 0 Å². The molecule has 0 radical (unpaired) electrons. The number of amides is 2. The fourth-order valence-corrected chi connectivity index (χ4v) is 4.58. The lowest BCUT2D eigenvalue weighted by molar-refractivity contribution is -0.155. The summed E-state index contributed by atoms with van der Waals surface area (Å²) >= 11 is 1.83. The Kier molecular flexibility index (Phi) is 4.91. The molecule has 4 unspecified atom stereocenters. The van der Waals surface area contributed by atoms with Gasteiger partial charge in [-0.15, -0.1) is 0 Å². The monoisotopic (exact) mass is 312 g/mol. The molecule has 1 saturated heterocycles. The molecule has 1 N–H and O–H groups in total. The molecule has 4 atom stereocenters. The second kappa shape index (κ2) is 6.19. The fraction of sp³-hybridized carbons (Fsp3) is 0.875. The quantitative estimate of drug-likeness (QED) is 0.871. The highest BCUT2D eigenvalue weighted by Gasteiger charge is 2.49. The molecule has 5 heteroatoms. The zero-order valence-electron chi connectivity index (χ0n) is 13.8. The van der Waals surface area contributed by atoms with E-state index >= 15 is 0 Å². The van der Waals surface area contributed by atoms with Crippen LogP contribution in [0.2, 0.25) is 0 Å². The van der Waals surface area contributed by atoms with Crippen molar-refractivity contribution in [3.05, 3.63) is 0 Å². The van der Waals surface area contributed by atoms with Crippen LogP contribution in [0.3, 0.4) is 0 Å². The first-order valence-electron chi connectivity index (χ1n) is 7.96. The number of carbonyl (C=O) groups is 2. The molecular formula is C16H28N2O2S. The molecule has 1 aliphatic heterocycles. The van der Waals surface area contributed by atoms with E-state index in [2.05, 4.69) is 11.6 Å². The second-order valence-corrected chi connectivity index (χ2v) is 8.33. The predicted octanol–water partition coefficient (Wildman–Crippen LogP) is 2.42. The topological polar surface area (TPSA) is 49.4 Å². The number of nitrogens with one attached hydrogen (secondary N) is 1. The van der Waals surface area contributed by atoms with Crippen LogP contribution in [0.1, 0.15) is 53.4 Å². The molecule has 0 bridgehead atoms. The molecule has 4 nitrogen and oxygen atoms in total. The highest BCUT2D eigenvalue weighted by molar-refractivity contribution is 7.99. The third kappa shape index (κ3) is 3.08. The Morgan fingerprint density at radius 2 is 1.95 bits per heavy atom. The molecule has 0 aromatic rings. The van der Waals surface area contributed by atoms with Crippen molar-refractivity contribution < 1.29 is 9.59 Å². The van der Waals surface area contributed by atoms with Crippen LogP contribution in [-0.4, -0.2) is 46.3 Å². The average molecular weight is 312 g/mol. The van der Waals surface area contributed by atoms with Gasteiger partial charge >= 0.3 is 0 Å². The third-order valence-corrected chi connectivity index (χ3v) is 5.91. The minimum absolute atomic E-state index is 0.0174. The van der Waals surface area contributed by atoms with E-state index in [1.54, 1.807) is 0 Å². The van der Waals surface area contributed by atoms with Crippen LogP contribution < -0.4 is 5.32 Å². The van der Waals surface area contributed by atoms with Crippen LogP contribution in [0.25, 0.3) is 0 Å². The first-order chi connectivity index (χ1) is 9.81. The molecule has 120 valence electrons. The number of nitrogens with zero attached hydrogens (tertiary/aromatic N) is 1. The highest BCUT2D eigenvalue weighted by Crippen LogP contribution is 2.36. The number of hydrogen-bond donors (Lipinski definition) is 1. The number of piperazine rings is 1. The SMILES string of the molecule is CCC1C(=O)NC(C(C)(C)C)C(=O)N1C1CCCC1SC. The Balaban J connectivity index is 2.33. The Labute approximate surface area is 132 Å². The van der Waals surface area contributed by atoms with Crippen LogP contribution in [-0.2, 0) is 9.59 Å². The molecule has 0 spiro atoms. The van der Waals surface area contributed by atoms with Gasteiger partial charge in [0.15, 0.2) is 0 Å². The van der Waals surface area contributed by atoms with Gasteiger partial charge in [0.2, 0.25) is 11.8 Å². The molecule has 1 heterocycles. The molecule has 0 aromatic carbocycles. The van der Waals surface area contributed by atoms with E-state index in [-0.39, 0.29) is 29.3 Å². The lowest BCUT2D eigenvalue weighted by Gasteiger charge is -2.46. The zero-order valence-corrected chi connectivity index (χ0v) is 14.6. The minimum atomic E-state index is -0.407. The first kappa shape index (κ1) is 16.7. The maximum Gasteiger partial charge on any atom is 0.246 e. The second-order valence-electron chi connectivity index (χ2n) is 7.25. The Morgan fingerprint density at radius 3 is 2.48 bits per heavy atom. The summed E-state index contributed by atoms with van der Waals surface area (Å²) in [6, 6.07) is -0.488. The van der Waals surface area contributed by atoms with E-state index in [0.29, 0.717) is 11.7 Å². The Morgan fingerprint density at radius 1 is 1.29 bits per heavy atom. The van der Waals surface area contributed by atoms with Gasteiger partial charge in [0.05, 0.1) is 0 Å². The van der Waals surface area contributed by atoms with Crippen molar-refractivity contribution in [1.29, 1.82) is 0 Å². The summed E-state index contributed by atoms with van der Waals surface area (Å²) in [7, 11) is 0.